The number of nitrogens with zero attached hydrogens (tertiary/aromatic N) is 2. The predicted octanol–water partition coefficient (Wildman–Crippen LogP) is 2.50. The fourth-order valence-electron chi connectivity index (χ4n) is 2.96. The lowest BCUT2D eigenvalue weighted by Crippen LogP contribution is -2.56. The minimum absolute atomic E-state index is 0.224. The molecule has 110 valence electrons. The van der Waals surface area contributed by atoms with Crippen LogP contribution in [0.25, 0.3) is 0 Å². The lowest BCUT2D eigenvalue weighted by atomic mass is 9.76. The van der Waals surface area contributed by atoms with Crippen LogP contribution in [0, 0.1) is 5.41 Å². The van der Waals surface area contributed by atoms with Crippen LogP contribution in [0.5, 0.6) is 0 Å². The average molecular weight is 343 g/mol. The molecule has 0 aliphatic carbocycles. The summed E-state index contributed by atoms with van der Waals surface area (Å²) in [4.78, 5) is 25.7. The SMILES string of the molecule is Cn1cc(Br)cc1C(=O)N1CCCC(C)(C)C1C(=O)O. The van der Waals surface area contributed by atoms with Crippen molar-refractivity contribution in [1.82, 2.24) is 9.47 Å². The van der Waals surface area contributed by atoms with Crippen molar-refractivity contribution in [2.45, 2.75) is 32.7 Å². The monoisotopic (exact) mass is 342 g/mol. The number of halogens is 1. The van der Waals surface area contributed by atoms with Crippen LogP contribution in [0.4, 0.5) is 0 Å². The van der Waals surface area contributed by atoms with Gasteiger partial charge in [-0.1, -0.05) is 13.8 Å². The van der Waals surface area contributed by atoms with Gasteiger partial charge < -0.3 is 14.6 Å². The highest BCUT2D eigenvalue weighted by molar-refractivity contribution is 9.10. The molecule has 2 rings (SSSR count). The topological polar surface area (TPSA) is 62.5 Å². The Labute approximate surface area is 126 Å². The maximum atomic E-state index is 12.7. The van der Waals surface area contributed by atoms with E-state index in [1.165, 1.54) is 4.90 Å². The van der Waals surface area contributed by atoms with E-state index in [1.54, 1.807) is 23.9 Å². The van der Waals surface area contributed by atoms with E-state index in [2.05, 4.69) is 15.9 Å². The summed E-state index contributed by atoms with van der Waals surface area (Å²) in [6.07, 6.45) is 3.43. The van der Waals surface area contributed by atoms with Gasteiger partial charge in [-0.3, -0.25) is 4.79 Å². The smallest absolute Gasteiger partial charge is 0.326 e. The fraction of sp³-hybridized carbons (Fsp3) is 0.571. The molecule has 0 spiro atoms. The van der Waals surface area contributed by atoms with Crippen LogP contribution < -0.4 is 0 Å². The molecular weight excluding hydrogens is 324 g/mol. The molecule has 0 radical (unpaired) electrons. The number of carboxylic acids is 1. The molecule has 1 saturated heterocycles. The molecule has 1 amide bonds. The summed E-state index contributed by atoms with van der Waals surface area (Å²) in [6, 6.07) is 0.945. The number of aromatic nitrogens is 1. The van der Waals surface area contributed by atoms with Crippen LogP contribution in [0.2, 0.25) is 0 Å². The second kappa shape index (κ2) is 5.24. The van der Waals surface area contributed by atoms with Crippen molar-refractivity contribution >= 4 is 27.8 Å². The Hall–Kier alpha value is -1.30. The van der Waals surface area contributed by atoms with Crippen molar-refractivity contribution in [2.75, 3.05) is 6.54 Å². The van der Waals surface area contributed by atoms with Crippen molar-refractivity contribution < 1.29 is 14.7 Å². The number of piperidine rings is 1. The molecular formula is C14H19BrN2O3. The summed E-state index contributed by atoms with van der Waals surface area (Å²) in [5.41, 5.74) is 0.0862. The number of hydrogen-bond donors (Lipinski definition) is 1. The predicted molar refractivity (Wildman–Crippen MR) is 78.6 cm³/mol. The lowest BCUT2D eigenvalue weighted by Gasteiger charge is -2.43. The van der Waals surface area contributed by atoms with Gasteiger partial charge in [-0.25, -0.2) is 4.79 Å². The molecule has 0 aromatic carbocycles. The van der Waals surface area contributed by atoms with E-state index in [0.29, 0.717) is 12.2 Å². The Bertz CT molecular complexity index is 551. The van der Waals surface area contributed by atoms with Gasteiger partial charge in [-0.2, -0.15) is 0 Å². The Morgan fingerprint density at radius 1 is 1.45 bits per heavy atom. The van der Waals surface area contributed by atoms with Gasteiger partial charge in [0.05, 0.1) is 0 Å². The third kappa shape index (κ3) is 2.61. The maximum Gasteiger partial charge on any atom is 0.326 e. The van der Waals surface area contributed by atoms with E-state index in [1.807, 2.05) is 13.8 Å². The first-order valence-corrected chi connectivity index (χ1v) is 7.39. The fourth-order valence-corrected chi connectivity index (χ4v) is 3.49. The summed E-state index contributed by atoms with van der Waals surface area (Å²) in [7, 11) is 1.78. The van der Waals surface area contributed by atoms with Crippen molar-refractivity contribution in [2.24, 2.45) is 12.5 Å². The molecule has 2 heterocycles. The number of aliphatic carboxylic acids is 1. The van der Waals surface area contributed by atoms with Crippen LogP contribution in [0.3, 0.4) is 0 Å². The van der Waals surface area contributed by atoms with E-state index < -0.39 is 17.4 Å². The molecule has 0 saturated carbocycles. The Morgan fingerprint density at radius 2 is 2.10 bits per heavy atom. The molecule has 1 aliphatic heterocycles. The highest BCUT2D eigenvalue weighted by Gasteiger charge is 2.45. The van der Waals surface area contributed by atoms with Gasteiger partial charge in [0.15, 0.2) is 0 Å². The number of carbonyl (C=O) groups is 2. The van der Waals surface area contributed by atoms with Crippen molar-refractivity contribution in [3.05, 3.63) is 22.4 Å². The number of aryl methyl sites for hydroxylation is 1. The molecule has 6 heteroatoms. The first kappa shape index (κ1) is 15.1. The number of rotatable bonds is 2. The lowest BCUT2D eigenvalue weighted by molar-refractivity contribution is -0.148. The summed E-state index contributed by atoms with van der Waals surface area (Å²) in [5.74, 6) is -1.16. The third-order valence-corrected chi connectivity index (χ3v) is 4.39. The van der Waals surface area contributed by atoms with E-state index in [4.69, 9.17) is 0 Å². The highest BCUT2D eigenvalue weighted by atomic mass is 79.9. The van der Waals surface area contributed by atoms with Gasteiger partial charge in [-0.05, 0) is 40.3 Å². The van der Waals surface area contributed by atoms with E-state index >= 15 is 0 Å². The molecule has 1 aromatic rings. The van der Waals surface area contributed by atoms with Crippen LogP contribution in [0.15, 0.2) is 16.7 Å². The van der Waals surface area contributed by atoms with Gasteiger partial charge in [0.2, 0.25) is 0 Å². The van der Waals surface area contributed by atoms with Gasteiger partial charge in [0.25, 0.3) is 5.91 Å². The summed E-state index contributed by atoms with van der Waals surface area (Å²) >= 11 is 3.33. The van der Waals surface area contributed by atoms with Crippen LogP contribution in [0.1, 0.15) is 37.2 Å². The number of likely N-dealkylation sites (tertiary alicyclic amines) is 1. The molecule has 0 bridgehead atoms. The normalized spacial score (nSPS) is 21.8. The standard InChI is InChI=1S/C14H19BrN2O3/c1-14(2)5-4-6-17(11(14)13(19)20)12(18)10-7-9(15)8-16(10)3/h7-8,11H,4-6H2,1-3H3,(H,19,20). The summed E-state index contributed by atoms with van der Waals surface area (Å²) < 4.78 is 2.53. The van der Waals surface area contributed by atoms with Crippen LogP contribution in [-0.2, 0) is 11.8 Å². The maximum absolute atomic E-state index is 12.7. The second-order valence-corrected chi connectivity index (χ2v) is 6.90. The number of amides is 1. The number of carbonyl (C=O) groups excluding carboxylic acids is 1. The molecule has 5 nitrogen and oxygen atoms in total. The first-order chi connectivity index (χ1) is 9.24. The third-order valence-electron chi connectivity index (χ3n) is 3.96. The molecule has 1 atom stereocenters. The zero-order valence-electron chi connectivity index (χ0n) is 11.9. The molecule has 1 unspecified atom stereocenters. The Morgan fingerprint density at radius 3 is 2.60 bits per heavy atom. The van der Waals surface area contributed by atoms with Gasteiger partial charge in [-0.15, -0.1) is 0 Å². The van der Waals surface area contributed by atoms with E-state index in [0.717, 1.165) is 17.3 Å². The zero-order chi connectivity index (χ0) is 15.1. The van der Waals surface area contributed by atoms with Gasteiger partial charge in [0, 0.05) is 24.3 Å². The largest absolute Gasteiger partial charge is 0.480 e. The number of hydrogen-bond acceptors (Lipinski definition) is 2. The summed E-state index contributed by atoms with van der Waals surface area (Å²) in [6.45, 7) is 4.31. The minimum Gasteiger partial charge on any atom is -0.480 e. The van der Waals surface area contributed by atoms with Crippen molar-refractivity contribution in [3.63, 3.8) is 0 Å². The first-order valence-electron chi connectivity index (χ1n) is 6.59. The second-order valence-electron chi connectivity index (χ2n) is 5.99. The molecule has 20 heavy (non-hydrogen) atoms. The molecule has 1 aliphatic rings. The quantitative estimate of drug-likeness (QED) is 0.898. The minimum atomic E-state index is -0.934. The van der Waals surface area contributed by atoms with E-state index in [-0.39, 0.29) is 5.91 Å². The average Bonchev–Trinajstić information content (AvgIpc) is 2.65. The summed E-state index contributed by atoms with van der Waals surface area (Å²) in [5, 5.41) is 9.50. The van der Waals surface area contributed by atoms with Gasteiger partial charge >= 0.3 is 5.97 Å². The van der Waals surface area contributed by atoms with Crippen molar-refractivity contribution in [3.8, 4) is 0 Å². The van der Waals surface area contributed by atoms with Crippen molar-refractivity contribution in [1.29, 1.82) is 0 Å². The zero-order valence-corrected chi connectivity index (χ0v) is 13.5. The number of carboxylic acid groups (broad SMARTS) is 1. The van der Waals surface area contributed by atoms with Gasteiger partial charge in [0.1, 0.15) is 11.7 Å². The molecule has 1 aromatic heterocycles. The Balaban J connectivity index is 2.36. The Kier molecular flexibility index (Phi) is 3.95. The highest BCUT2D eigenvalue weighted by Crippen LogP contribution is 2.36. The molecule has 1 fully saturated rings. The molecule has 1 N–H and O–H groups in total. The van der Waals surface area contributed by atoms with Crippen LogP contribution >= 0.6 is 15.9 Å². The van der Waals surface area contributed by atoms with Crippen LogP contribution in [-0.4, -0.2) is 39.0 Å². The van der Waals surface area contributed by atoms with E-state index in [9.17, 15) is 14.7 Å².